The highest BCUT2D eigenvalue weighted by molar-refractivity contribution is 9.09. The van der Waals surface area contributed by atoms with Crippen LogP contribution in [0.15, 0.2) is 0 Å². The number of hydrogen-bond donors (Lipinski definition) is 0. The van der Waals surface area contributed by atoms with Crippen molar-refractivity contribution in [2.24, 2.45) is 0 Å². The van der Waals surface area contributed by atoms with Crippen LogP contribution in [0.2, 0.25) is 0 Å². The summed E-state index contributed by atoms with van der Waals surface area (Å²) >= 11 is 3.52. The molecule has 5 heteroatoms. The molecule has 0 spiro atoms. The Morgan fingerprint density at radius 1 is 1.27 bits per heavy atom. The third-order valence-corrected chi connectivity index (χ3v) is 3.25. The van der Waals surface area contributed by atoms with Crippen molar-refractivity contribution in [2.75, 3.05) is 7.11 Å². The number of fused-ring (bicyclic) bond motifs is 1. The quantitative estimate of drug-likeness (QED) is 0.721. The van der Waals surface area contributed by atoms with Crippen LogP contribution in [0.25, 0.3) is 0 Å². The van der Waals surface area contributed by atoms with Gasteiger partial charge >= 0.3 is 0 Å². The molecule has 4 nitrogen and oxygen atoms in total. The Morgan fingerprint density at radius 2 is 1.87 bits per heavy atom. The van der Waals surface area contributed by atoms with Gasteiger partial charge in [-0.15, -0.1) is 0 Å². The molecular formula is C10H17BrO4. The van der Waals surface area contributed by atoms with Crippen molar-refractivity contribution in [3.8, 4) is 0 Å². The third-order valence-electron chi connectivity index (χ3n) is 2.73. The number of halogens is 1. The molecule has 0 aromatic rings. The zero-order chi connectivity index (χ0) is 11.2. The van der Waals surface area contributed by atoms with Gasteiger partial charge in [-0.3, -0.25) is 0 Å². The van der Waals surface area contributed by atoms with Crippen LogP contribution in [0, 0.1) is 0 Å². The summed E-state index contributed by atoms with van der Waals surface area (Å²) in [7, 11) is 1.62. The standard InChI is InChI=1S/C10H17BrO4/c1-5(11)6-7-8(9(12-4)13-6)15-10(2,3)14-7/h5-9H,1-4H3/t5-,6+,7+,8-,9+/m0/s1. The van der Waals surface area contributed by atoms with Crippen molar-refractivity contribution in [3.05, 3.63) is 0 Å². The first kappa shape index (κ1) is 11.8. The molecule has 5 atom stereocenters. The second-order valence-electron chi connectivity index (χ2n) is 4.45. The maximum atomic E-state index is 5.82. The van der Waals surface area contributed by atoms with Crippen molar-refractivity contribution in [1.29, 1.82) is 0 Å². The Bertz CT molecular complexity index is 244. The molecule has 2 aliphatic heterocycles. The summed E-state index contributed by atoms with van der Waals surface area (Å²) < 4.78 is 22.5. The Balaban J connectivity index is 2.15. The SMILES string of the molecule is CO[C@@H]1O[C@H]([C@H](C)Br)[C@H]2OC(C)(C)O[C@H]12. The maximum absolute atomic E-state index is 5.82. The predicted molar refractivity (Wildman–Crippen MR) is 57.9 cm³/mol. The van der Waals surface area contributed by atoms with Gasteiger partial charge in [0.15, 0.2) is 12.1 Å². The molecule has 0 aromatic carbocycles. The molecule has 88 valence electrons. The Kier molecular flexibility index (Phi) is 3.12. The number of rotatable bonds is 2. The first-order valence-electron chi connectivity index (χ1n) is 5.12. The molecule has 15 heavy (non-hydrogen) atoms. The predicted octanol–water partition coefficient (Wildman–Crippen LogP) is 1.66. The van der Waals surface area contributed by atoms with Crippen molar-refractivity contribution in [1.82, 2.24) is 0 Å². The molecule has 2 saturated heterocycles. The van der Waals surface area contributed by atoms with Crippen LogP contribution >= 0.6 is 15.9 Å². The van der Waals surface area contributed by atoms with Crippen molar-refractivity contribution >= 4 is 15.9 Å². The summed E-state index contributed by atoms with van der Waals surface area (Å²) in [5, 5.41) is 0. The highest BCUT2D eigenvalue weighted by Gasteiger charge is 2.56. The third kappa shape index (κ3) is 2.08. The Labute approximate surface area is 98.3 Å². The van der Waals surface area contributed by atoms with Gasteiger partial charge in [-0.2, -0.15) is 0 Å². The average Bonchev–Trinajstić information content (AvgIpc) is 2.57. The normalized spacial score (nSPS) is 45.4. The van der Waals surface area contributed by atoms with Crippen LogP contribution in [-0.2, 0) is 18.9 Å². The highest BCUT2D eigenvalue weighted by atomic mass is 79.9. The lowest BCUT2D eigenvalue weighted by Gasteiger charge is -2.24. The summed E-state index contributed by atoms with van der Waals surface area (Å²) in [5.74, 6) is -0.546. The lowest BCUT2D eigenvalue weighted by atomic mass is 10.1. The number of ether oxygens (including phenoxy) is 4. The molecule has 2 fully saturated rings. The molecule has 2 rings (SSSR count). The molecule has 0 amide bonds. The van der Waals surface area contributed by atoms with Gasteiger partial charge in [0.2, 0.25) is 0 Å². The fourth-order valence-electron chi connectivity index (χ4n) is 2.15. The summed E-state index contributed by atoms with van der Waals surface area (Å²) in [4.78, 5) is 0.211. The molecule has 0 aromatic heterocycles. The second-order valence-corrected chi connectivity index (χ2v) is 5.89. The summed E-state index contributed by atoms with van der Waals surface area (Å²) in [6, 6.07) is 0. The van der Waals surface area contributed by atoms with Crippen molar-refractivity contribution < 1.29 is 18.9 Å². The summed E-state index contributed by atoms with van der Waals surface area (Å²) in [6.07, 6.45) is -0.544. The lowest BCUT2D eigenvalue weighted by Crippen LogP contribution is -2.34. The van der Waals surface area contributed by atoms with Crippen LogP contribution in [0.4, 0.5) is 0 Å². The van der Waals surface area contributed by atoms with Crippen LogP contribution in [0.1, 0.15) is 20.8 Å². The minimum absolute atomic E-state index is 0.0262. The summed E-state index contributed by atoms with van der Waals surface area (Å²) in [5.41, 5.74) is 0. The zero-order valence-electron chi connectivity index (χ0n) is 9.40. The first-order chi connectivity index (χ1) is 6.94. The molecular weight excluding hydrogens is 264 g/mol. The van der Waals surface area contributed by atoms with E-state index in [1.807, 2.05) is 20.8 Å². The van der Waals surface area contributed by atoms with E-state index in [0.29, 0.717) is 0 Å². The van der Waals surface area contributed by atoms with E-state index in [4.69, 9.17) is 18.9 Å². The molecule has 0 unspecified atom stereocenters. The lowest BCUT2D eigenvalue weighted by molar-refractivity contribution is -0.226. The van der Waals surface area contributed by atoms with E-state index in [1.54, 1.807) is 7.11 Å². The van der Waals surface area contributed by atoms with Crippen LogP contribution in [0.3, 0.4) is 0 Å². The van der Waals surface area contributed by atoms with Gasteiger partial charge in [-0.1, -0.05) is 22.9 Å². The average molecular weight is 281 g/mol. The topological polar surface area (TPSA) is 36.9 Å². The van der Waals surface area contributed by atoms with Gasteiger partial charge in [0.1, 0.15) is 18.3 Å². The molecule has 0 radical (unpaired) electrons. The minimum atomic E-state index is -0.546. The van der Waals surface area contributed by atoms with E-state index in [-0.39, 0.29) is 29.4 Å². The van der Waals surface area contributed by atoms with E-state index in [1.165, 1.54) is 0 Å². The highest BCUT2D eigenvalue weighted by Crippen LogP contribution is 2.40. The molecule has 2 aliphatic rings. The van der Waals surface area contributed by atoms with Crippen LogP contribution in [-0.4, -0.2) is 42.3 Å². The smallest absolute Gasteiger partial charge is 0.186 e. The number of alkyl halides is 1. The van der Waals surface area contributed by atoms with E-state index >= 15 is 0 Å². The van der Waals surface area contributed by atoms with Gasteiger partial charge in [0.25, 0.3) is 0 Å². The maximum Gasteiger partial charge on any atom is 0.186 e. The van der Waals surface area contributed by atoms with Crippen LogP contribution < -0.4 is 0 Å². The minimum Gasteiger partial charge on any atom is -0.353 e. The van der Waals surface area contributed by atoms with E-state index < -0.39 is 5.79 Å². The van der Waals surface area contributed by atoms with Crippen LogP contribution in [0.5, 0.6) is 0 Å². The van der Waals surface area contributed by atoms with Crippen molar-refractivity contribution in [3.63, 3.8) is 0 Å². The molecule has 0 saturated carbocycles. The molecule has 0 N–H and O–H groups in total. The first-order valence-corrected chi connectivity index (χ1v) is 6.04. The Hall–Kier alpha value is 0.320. The van der Waals surface area contributed by atoms with Crippen molar-refractivity contribution in [2.45, 2.75) is 56.0 Å². The molecule has 2 heterocycles. The van der Waals surface area contributed by atoms with E-state index in [2.05, 4.69) is 15.9 Å². The van der Waals surface area contributed by atoms with Gasteiger partial charge in [-0.05, 0) is 13.8 Å². The van der Waals surface area contributed by atoms with Gasteiger partial charge in [0, 0.05) is 11.9 Å². The van der Waals surface area contributed by atoms with Gasteiger partial charge < -0.3 is 18.9 Å². The summed E-state index contributed by atoms with van der Waals surface area (Å²) in [6.45, 7) is 5.86. The fourth-order valence-corrected chi connectivity index (χ4v) is 2.58. The largest absolute Gasteiger partial charge is 0.353 e. The van der Waals surface area contributed by atoms with E-state index in [9.17, 15) is 0 Å². The fraction of sp³-hybridized carbons (Fsp3) is 1.00. The zero-order valence-corrected chi connectivity index (χ0v) is 11.0. The molecule has 0 bridgehead atoms. The number of methoxy groups -OCH3 is 1. The Morgan fingerprint density at radius 3 is 2.40 bits per heavy atom. The monoisotopic (exact) mass is 280 g/mol. The second kappa shape index (κ2) is 3.96. The van der Waals surface area contributed by atoms with Gasteiger partial charge in [0.05, 0.1) is 0 Å². The van der Waals surface area contributed by atoms with E-state index in [0.717, 1.165) is 0 Å². The van der Waals surface area contributed by atoms with Gasteiger partial charge in [-0.25, -0.2) is 0 Å². The number of hydrogen-bond acceptors (Lipinski definition) is 4. The molecule has 0 aliphatic carbocycles.